The number of aliphatic hydroxyl groups is 2. The van der Waals surface area contributed by atoms with E-state index in [2.05, 4.69) is 0 Å². The fraction of sp³-hybridized carbons (Fsp3) is 0.786. The molecule has 0 heterocycles. The summed E-state index contributed by atoms with van der Waals surface area (Å²) in [5.41, 5.74) is 0.479. The standard InChI is InChI=1S/C14H26O4/c1-5-8-11(15)13(12(16)9-6-2)18-14(17)10(4)7-3/h7,11-13,15-16H,5-6,8-9H2,1-4H3. The van der Waals surface area contributed by atoms with Gasteiger partial charge in [0.2, 0.25) is 0 Å². The molecule has 2 atom stereocenters. The van der Waals surface area contributed by atoms with Crippen LogP contribution in [0.2, 0.25) is 0 Å². The highest BCUT2D eigenvalue weighted by Crippen LogP contribution is 2.16. The molecule has 2 N–H and O–H groups in total. The summed E-state index contributed by atoms with van der Waals surface area (Å²) in [5.74, 6) is -0.479. The lowest BCUT2D eigenvalue weighted by molar-refractivity contribution is -0.160. The van der Waals surface area contributed by atoms with Crippen LogP contribution in [0.4, 0.5) is 0 Å². The van der Waals surface area contributed by atoms with Gasteiger partial charge in [-0.05, 0) is 26.7 Å². The number of hydrogen-bond acceptors (Lipinski definition) is 4. The van der Waals surface area contributed by atoms with Crippen LogP contribution < -0.4 is 0 Å². The van der Waals surface area contributed by atoms with Crippen molar-refractivity contribution in [1.29, 1.82) is 0 Å². The molecule has 0 amide bonds. The lowest BCUT2D eigenvalue weighted by atomic mass is 10.0. The molecule has 0 saturated carbocycles. The van der Waals surface area contributed by atoms with Crippen molar-refractivity contribution in [2.75, 3.05) is 0 Å². The van der Waals surface area contributed by atoms with Crippen molar-refractivity contribution in [3.05, 3.63) is 11.6 Å². The molecule has 0 saturated heterocycles. The van der Waals surface area contributed by atoms with Crippen LogP contribution in [0, 0.1) is 0 Å². The van der Waals surface area contributed by atoms with Crippen molar-refractivity contribution in [1.82, 2.24) is 0 Å². The molecule has 0 aromatic carbocycles. The first-order valence-corrected chi connectivity index (χ1v) is 6.67. The highest BCUT2D eigenvalue weighted by Gasteiger charge is 2.29. The molecule has 0 aliphatic heterocycles. The maximum atomic E-state index is 11.7. The summed E-state index contributed by atoms with van der Waals surface area (Å²) in [5, 5.41) is 19.9. The molecule has 4 nitrogen and oxygen atoms in total. The quantitative estimate of drug-likeness (QED) is 0.517. The van der Waals surface area contributed by atoms with E-state index in [-0.39, 0.29) is 0 Å². The highest BCUT2D eigenvalue weighted by atomic mass is 16.6. The van der Waals surface area contributed by atoms with Crippen LogP contribution in [0.25, 0.3) is 0 Å². The van der Waals surface area contributed by atoms with E-state index < -0.39 is 24.3 Å². The van der Waals surface area contributed by atoms with Gasteiger partial charge in [-0.25, -0.2) is 4.79 Å². The van der Waals surface area contributed by atoms with Crippen LogP contribution in [0.3, 0.4) is 0 Å². The van der Waals surface area contributed by atoms with Crippen LogP contribution in [-0.2, 0) is 9.53 Å². The average molecular weight is 258 g/mol. The first kappa shape index (κ1) is 17.1. The topological polar surface area (TPSA) is 66.8 Å². The summed E-state index contributed by atoms with van der Waals surface area (Å²) in [4.78, 5) is 11.7. The van der Waals surface area contributed by atoms with E-state index in [9.17, 15) is 15.0 Å². The summed E-state index contributed by atoms with van der Waals surface area (Å²) < 4.78 is 5.22. The van der Waals surface area contributed by atoms with Gasteiger partial charge in [0, 0.05) is 5.57 Å². The maximum Gasteiger partial charge on any atom is 0.333 e. The monoisotopic (exact) mass is 258 g/mol. The Labute approximate surface area is 110 Å². The van der Waals surface area contributed by atoms with Crippen LogP contribution in [-0.4, -0.2) is 34.5 Å². The molecule has 106 valence electrons. The van der Waals surface area contributed by atoms with Gasteiger partial charge in [0.05, 0.1) is 12.2 Å². The van der Waals surface area contributed by atoms with Gasteiger partial charge in [-0.1, -0.05) is 32.8 Å². The number of carbonyl (C=O) groups is 1. The Morgan fingerprint density at radius 2 is 1.61 bits per heavy atom. The first-order chi connectivity index (χ1) is 8.47. The Morgan fingerprint density at radius 1 is 1.17 bits per heavy atom. The Kier molecular flexibility index (Phi) is 8.67. The van der Waals surface area contributed by atoms with Gasteiger partial charge in [-0.2, -0.15) is 0 Å². The number of esters is 1. The molecule has 0 fully saturated rings. The van der Waals surface area contributed by atoms with E-state index in [0.717, 1.165) is 12.8 Å². The van der Waals surface area contributed by atoms with Crippen LogP contribution in [0.1, 0.15) is 53.4 Å². The van der Waals surface area contributed by atoms with Gasteiger partial charge in [0.25, 0.3) is 0 Å². The minimum atomic E-state index is -0.840. The van der Waals surface area contributed by atoms with E-state index in [1.165, 1.54) is 0 Å². The van der Waals surface area contributed by atoms with Crippen molar-refractivity contribution in [3.8, 4) is 0 Å². The van der Waals surface area contributed by atoms with Crippen molar-refractivity contribution in [2.45, 2.75) is 71.7 Å². The Balaban J connectivity index is 4.70. The zero-order valence-corrected chi connectivity index (χ0v) is 11.8. The van der Waals surface area contributed by atoms with Gasteiger partial charge in [0.1, 0.15) is 0 Å². The van der Waals surface area contributed by atoms with Gasteiger partial charge in [0.15, 0.2) is 6.10 Å². The van der Waals surface area contributed by atoms with Gasteiger partial charge in [-0.15, -0.1) is 0 Å². The summed E-state index contributed by atoms with van der Waals surface area (Å²) >= 11 is 0. The molecular formula is C14H26O4. The number of allylic oxidation sites excluding steroid dienone is 1. The Morgan fingerprint density at radius 3 is 1.94 bits per heavy atom. The van der Waals surface area contributed by atoms with E-state index >= 15 is 0 Å². The molecule has 0 rings (SSSR count). The normalized spacial score (nSPS) is 17.1. The zero-order chi connectivity index (χ0) is 14.1. The molecule has 0 aliphatic carbocycles. The van der Waals surface area contributed by atoms with E-state index in [1.54, 1.807) is 19.9 Å². The number of hydrogen-bond donors (Lipinski definition) is 2. The van der Waals surface area contributed by atoms with Gasteiger partial charge < -0.3 is 14.9 Å². The molecule has 0 radical (unpaired) electrons. The maximum absolute atomic E-state index is 11.7. The predicted octanol–water partition coefficient (Wildman–Crippen LogP) is 2.19. The van der Waals surface area contributed by atoms with E-state index in [4.69, 9.17) is 4.74 Å². The molecule has 0 bridgehead atoms. The van der Waals surface area contributed by atoms with Crippen molar-refractivity contribution >= 4 is 5.97 Å². The van der Waals surface area contributed by atoms with Crippen molar-refractivity contribution < 1.29 is 19.7 Å². The van der Waals surface area contributed by atoms with E-state index in [0.29, 0.717) is 18.4 Å². The number of ether oxygens (including phenoxy) is 1. The molecule has 0 spiro atoms. The third kappa shape index (κ3) is 5.65. The minimum absolute atomic E-state index is 0.479. The molecular weight excluding hydrogens is 232 g/mol. The molecule has 0 aromatic heterocycles. The van der Waals surface area contributed by atoms with Crippen molar-refractivity contribution in [2.24, 2.45) is 0 Å². The third-order valence-corrected chi connectivity index (χ3v) is 2.93. The molecule has 18 heavy (non-hydrogen) atoms. The number of rotatable bonds is 8. The Bertz CT molecular complexity index is 261. The largest absolute Gasteiger partial charge is 0.453 e. The second-order valence-electron chi connectivity index (χ2n) is 4.55. The predicted molar refractivity (Wildman–Crippen MR) is 71.1 cm³/mol. The zero-order valence-electron chi connectivity index (χ0n) is 11.8. The highest BCUT2D eigenvalue weighted by molar-refractivity contribution is 5.87. The number of aliphatic hydroxyl groups excluding tert-OH is 2. The minimum Gasteiger partial charge on any atom is -0.453 e. The second-order valence-corrected chi connectivity index (χ2v) is 4.55. The SMILES string of the molecule is CC=C(C)C(=O)OC(C(O)CCC)C(O)CCC. The molecule has 0 aliphatic rings. The molecule has 2 unspecified atom stereocenters. The molecule has 4 heteroatoms. The molecule has 0 aromatic rings. The smallest absolute Gasteiger partial charge is 0.333 e. The lowest BCUT2D eigenvalue weighted by Gasteiger charge is -2.27. The fourth-order valence-corrected chi connectivity index (χ4v) is 1.67. The van der Waals surface area contributed by atoms with Crippen LogP contribution >= 0.6 is 0 Å². The summed E-state index contributed by atoms with van der Waals surface area (Å²) in [6, 6.07) is 0. The summed E-state index contributed by atoms with van der Waals surface area (Å²) in [7, 11) is 0. The fourth-order valence-electron chi connectivity index (χ4n) is 1.67. The third-order valence-electron chi connectivity index (χ3n) is 2.93. The summed E-state index contributed by atoms with van der Waals surface area (Å²) in [6.45, 7) is 7.27. The average Bonchev–Trinajstić information content (AvgIpc) is 2.34. The first-order valence-electron chi connectivity index (χ1n) is 6.67. The van der Waals surface area contributed by atoms with E-state index in [1.807, 2.05) is 13.8 Å². The van der Waals surface area contributed by atoms with Crippen LogP contribution in [0.15, 0.2) is 11.6 Å². The van der Waals surface area contributed by atoms with Crippen molar-refractivity contribution in [3.63, 3.8) is 0 Å². The Hall–Kier alpha value is -0.870. The lowest BCUT2D eigenvalue weighted by Crippen LogP contribution is -2.41. The number of carbonyl (C=O) groups excluding carboxylic acids is 1. The summed E-state index contributed by atoms with van der Waals surface area (Å²) in [6.07, 6.45) is 1.74. The van der Waals surface area contributed by atoms with Crippen LogP contribution in [0.5, 0.6) is 0 Å². The second kappa shape index (κ2) is 9.11. The van der Waals surface area contributed by atoms with Gasteiger partial charge in [-0.3, -0.25) is 0 Å². The van der Waals surface area contributed by atoms with Gasteiger partial charge >= 0.3 is 5.97 Å².